The molecule has 0 bridgehead atoms. The van der Waals surface area contributed by atoms with E-state index in [4.69, 9.17) is 5.73 Å². The second-order valence-electron chi connectivity index (χ2n) is 4.60. The van der Waals surface area contributed by atoms with Gasteiger partial charge in [0.1, 0.15) is 0 Å². The van der Waals surface area contributed by atoms with E-state index in [1.165, 1.54) is 4.31 Å². The molecule has 1 aliphatic rings. The van der Waals surface area contributed by atoms with Crippen LogP contribution in [0.2, 0.25) is 0 Å². The zero-order valence-electron chi connectivity index (χ0n) is 10.4. The molecule has 0 aromatic heterocycles. The maximum absolute atomic E-state index is 12.3. The SMILES string of the molecule is CC(C)N(C)S(=O)(=O)N(CCN)C1CCC1. The topological polar surface area (TPSA) is 66.6 Å². The summed E-state index contributed by atoms with van der Waals surface area (Å²) >= 11 is 0. The van der Waals surface area contributed by atoms with Gasteiger partial charge in [-0.25, -0.2) is 0 Å². The van der Waals surface area contributed by atoms with Gasteiger partial charge in [0, 0.05) is 32.2 Å². The van der Waals surface area contributed by atoms with E-state index in [2.05, 4.69) is 0 Å². The molecule has 1 fully saturated rings. The normalized spacial score (nSPS) is 18.4. The first-order valence-electron chi connectivity index (χ1n) is 5.86. The summed E-state index contributed by atoms with van der Waals surface area (Å²) in [6.07, 6.45) is 3.04. The number of hydrogen-bond donors (Lipinski definition) is 1. The lowest BCUT2D eigenvalue weighted by Gasteiger charge is -2.39. The van der Waals surface area contributed by atoms with E-state index in [-0.39, 0.29) is 12.1 Å². The Balaban J connectivity index is 2.83. The standard InChI is InChI=1S/C10H23N3O2S/c1-9(2)12(3)16(14,15)13(8-7-11)10-5-4-6-10/h9-10H,4-8,11H2,1-3H3. The number of hydrogen-bond acceptors (Lipinski definition) is 3. The quantitative estimate of drug-likeness (QED) is 0.740. The van der Waals surface area contributed by atoms with Crippen LogP contribution in [-0.2, 0) is 10.2 Å². The first-order valence-corrected chi connectivity index (χ1v) is 7.25. The molecule has 0 saturated heterocycles. The van der Waals surface area contributed by atoms with E-state index < -0.39 is 10.2 Å². The highest BCUT2D eigenvalue weighted by atomic mass is 32.2. The molecule has 96 valence electrons. The third-order valence-electron chi connectivity index (χ3n) is 3.22. The van der Waals surface area contributed by atoms with Crippen LogP contribution >= 0.6 is 0 Å². The summed E-state index contributed by atoms with van der Waals surface area (Å²) in [5.74, 6) is 0. The van der Waals surface area contributed by atoms with Gasteiger partial charge in [0.25, 0.3) is 10.2 Å². The first kappa shape index (κ1) is 13.9. The number of nitrogens with two attached hydrogens (primary N) is 1. The van der Waals surface area contributed by atoms with Crippen molar-refractivity contribution in [1.82, 2.24) is 8.61 Å². The lowest BCUT2D eigenvalue weighted by molar-refractivity contribution is 0.207. The minimum Gasteiger partial charge on any atom is -0.329 e. The van der Waals surface area contributed by atoms with Crippen molar-refractivity contribution in [2.24, 2.45) is 5.73 Å². The average Bonchev–Trinajstić information content (AvgIpc) is 2.13. The van der Waals surface area contributed by atoms with Crippen LogP contribution in [0.1, 0.15) is 33.1 Å². The van der Waals surface area contributed by atoms with Crippen LogP contribution in [0.5, 0.6) is 0 Å². The molecule has 1 saturated carbocycles. The molecule has 2 N–H and O–H groups in total. The Labute approximate surface area is 98.8 Å². The van der Waals surface area contributed by atoms with Gasteiger partial charge in [0.2, 0.25) is 0 Å². The Morgan fingerprint density at radius 1 is 1.38 bits per heavy atom. The summed E-state index contributed by atoms with van der Waals surface area (Å²) in [6, 6.07) is 0.139. The van der Waals surface area contributed by atoms with E-state index in [0.717, 1.165) is 19.3 Å². The van der Waals surface area contributed by atoms with Gasteiger partial charge >= 0.3 is 0 Å². The number of rotatable bonds is 6. The molecule has 0 unspecified atom stereocenters. The molecule has 0 aromatic rings. The Morgan fingerprint density at radius 3 is 2.25 bits per heavy atom. The van der Waals surface area contributed by atoms with Gasteiger partial charge in [-0.3, -0.25) is 0 Å². The lowest BCUT2D eigenvalue weighted by atomic mass is 9.93. The molecular weight excluding hydrogens is 226 g/mol. The molecule has 5 nitrogen and oxygen atoms in total. The highest BCUT2D eigenvalue weighted by molar-refractivity contribution is 7.86. The van der Waals surface area contributed by atoms with Gasteiger partial charge in [0.05, 0.1) is 0 Å². The summed E-state index contributed by atoms with van der Waals surface area (Å²) in [7, 11) is -1.71. The zero-order valence-corrected chi connectivity index (χ0v) is 11.2. The first-order chi connectivity index (χ1) is 7.41. The molecule has 16 heavy (non-hydrogen) atoms. The summed E-state index contributed by atoms with van der Waals surface area (Å²) < 4.78 is 27.6. The fourth-order valence-corrected chi connectivity index (χ4v) is 3.51. The number of nitrogens with zero attached hydrogens (tertiary/aromatic N) is 2. The van der Waals surface area contributed by atoms with Crippen molar-refractivity contribution in [1.29, 1.82) is 0 Å². The zero-order chi connectivity index (χ0) is 12.3. The van der Waals surface area contributed by atoms with Crippen molar-refractivity contribution < 1.29 is 8.42 Å². The summed E-state index contributed by atoms with van der Waals surface area (Å²) in [4.78, 5) is 0. The summed E-state index contributed by atoms with van der Waals surface area (Å²) in [6.45, 7) is 4.55. The van der Waals surface area contributed by atoms with Gasteiger partial charge in [0.15, 0.2) is 0 Å². The molecule has 0 heterocycles. The molecule has 0 spiro atoms. The van der Waals surface area contributed by atoms with Gasteiger partial charge in [-0.05, 0) is 26.7 Å². The predicted molar refractivity (Wildman–Crippen MR) is 65.2 cm³/mol. The molecule has 0 amide bonds. The molecule has 1 rings (SSSR count). The van der Waals surface area contributed by atoms with Crippen LogP contribution in [0.3, 0.4) is 0 Å². The largest absolute Gasteiger partial charge is 0.329 e. The van der Waals surface area contributed by atoms with Crippen molar-refractivity contribution >= 4 is 10.2 Å². The Morgan fingerprint density at radius 2 is 1.94 bits per heavy atom. The monoisotopic (exact) mass is 249 g/mol. The van der Waals surface area contributed by atoms with Crippen molar-refractivity contribution in [2.75, 3.05) is 20.1 Å². The highest BCUT2D eigenvalue weighted by Gasteiger charge is 2.36. The molecule has 0 radical (unpaired) electrons. The van der Waals surface area contributed by atoms with Gasteiger partial charge in [-0.15, -0.1) is 0 Å². The Bertz CT molecular complexity index is 312. The molecule has 1 aliphatic carbocycles. The van der Waals surface area contributed by atoms with Crippen LogP contribution in [0.15, 0.2) is 0 Å². The lowest BCUT2D eigenvalue weighted by Crippen LogP contribution is -2.52. The van der Waals surface area contributed by atoms with E-state index >= 15 is 0 Å². The maximum Gasteiger partial charge on any atom is 0.282 e. The van der Waals surface area contributed by atoms with Crippen molar-refractivity contribution in [3.63, 3.8) is 0 Å². The van der Waals surface area contributed by atoms with Gasteiger partial charge in [-0.1, -0.05) is 6.42 Å². The van der Waals surface area contributed by atoms with E-state index in [1.54, 1.807) is 11.4 Å². The fourth-order valence-electron chi connectivity index (χ4n) is 1.72. The van der Waals surface area contributed by atoms with Crippen LogP contribution in [0, 0.1) is 0 Å². The Hall–Kier alpha value is -0.170. The molecule has 6 heteroatoms. The second kappa shape index (κ2) is 5.44. The third kappa shape index (κ3) is 2.74. The van der Waals surface area contributed by atoms with E-state index in [9.17, 15) is 8.42 Å². The second-order valence-corrected chi connectivity index (χ2v) is 6.54. The Kier molecular flexibility index (Phi) is 4.73. The molecule has 0 aliphatic heterocycles. The van der Waals surface area contributed by atoms with Gasteiger partial charge < -0.3 is 5.73 Å². The van der Waals surface area contributed by atoms with E-state index in [1.807, 2.05) is 13.8 Å². The summed E-state index contributed by atoms with van der Waals surface area (Å²) in [5, 5.41) is 0. The molecular formula is C10H23N3O2S. The smallest absolute Gasteiger partial charge is 0.282 e. The average molecular weight is 249 g/mol. The maximum atomic E-state index is 12.3. The minimum absolute atomic E-state index is 0.0228. The fraction of sp³-hybridized carbons (Fsp3) is 1.00. The predicted octanol–water partition coefficient (Wildman–Crippen LogP) is 0.385. The van der Waals surface area contributed by atoms with Crippen molar-refractivity contribution in [3.05, 3.63) is 0 Å². The minimum atomic E-state index is -3.34. The van der Waals surface area contributed by atoms with Crippen molar-refractivity contribution in [2.45, 2.75) is 45.2 Å². The van der Waals surface area contributed by atoms with E-state index in [0.29, 0.717) is 13.1 Å². The van der Waals surface area contributed by atoms with Crippen molar-refractivity contribution in [3.8, 4) is 0 Å². The third-order valence-corrected chi connectivity index (χ3v) is 5.44. The molecule has 0 aromatic carbocycles. The van der Waals surface area contributed by atoms with Crippen LogP contribution in [-0.4, -0.2) is 49.2 Å². The van der Waals surface area contributed by atoms with Crippen LogP contribution in [0.4, 0.5) is 0 Å². The van der Waals surface area contributed by atoms with Gasteiger partial charge in [-0.2, -0.15) is 17.0 Å². The summed E-state index contributed by atoms with van der Waals surface area (Å²) in [5.41, 5.74) is 5.49. The van der Waals surface area contributed by atoms with Crippen LogP contribution < -0.4 is 5.73 Å². The molecule has 0 atom stereocenters. The van der Waals surface area contributed by atoms with Crippen LogP contribution in [0.25, 0.3) is 0 Å². The highest BCUT2D eigenvalue weighted by Crippen LogP contribution is 2.28.